The minimum Gasteiger partial charge on any atom is -0.457 e. The molecule has 10 heteroatoms. The summed E-state index contributed by atoms with van der Waals surface area (Å²) < 4.78 is 5.79. The molecule has 0 atom stereocenters. The van der Waals surface area contributed by atoms with Crippen LogP contribution in [0.25, 0.3) is 17.4 Å². The molecule has 1 aromatic heterocycles. The van der Waals surface area contributed by atoms with Gasteiger partial charge in [0.1, 0.15) is 11.5 Å². The number of hydrogen-bond acceptors (Lipinski definition) is 6. The highest BCUT2D eigenvalue weighted by molar-refractivity contribution is 8.18. The topological polar surface area (TPSA) is 93.7 Å². The molecule has 7 nitrogen and oxygen atoms in total. The van der Waals surface area contributed by atoms with Crippen LogP contribution in [0.2, 0.25) is 10.0 Å². The van der Waals surface area contributed by atoms with Crippen molar-refractivity contribution in [2.75, 3.05) is 0 Å². The standard InChI is InChI=1S/C22H14Cl2N2O5S/c1-12-2-5-15(26(29)30)9-17(12)19-7-6-16(31-19)10-20-21(27)25(22(28)32-20)11-13-3-4-14(23)8-18(13)24/h2-10H,11H2,1H3/b20-10-. The molecule has 0 saturated carbocycles. The average Bonchev–Trinajstić information content (AvgIpc) is 3.30. The molecule has 1 aliphatic rings. The summed E-state index contributed by atoms with van der Waals surface area (Å²) in [5.74, 6) is 0.307. The second kappa shape index (κ2) is 8.82. The fourth-order valence-electron chi connectivity index (χ4n) is 3.15. The number of benzene rings is 2. The van der Waals surface area contributed by atoms with Crippen molar-refractivity contribution < 1.29 is 18.9 Å². The van der Waals surface area contributed by atoms with Gasteiger partial charge in [0, 0.05) is 33.8 Å². The number of carbonyl (C=O) groups excluding carboxylic acids is 2. The van der Waals surface area contributed by atoms with Crippen LogP contribution in [0.5, 0.6) is 0 Å². The number of rotatable bonds is 5. The SMILES string of the molecule is Cc1ccc([N+](=O)[O-])cc1-c1ccc(/C=C2\SC(=O)N(Cc3ccc(Cl)cc3Cl)C2=O)o1. The fraction of sp³-hybridized carbons (Fsp3) is 0.0909. The van der Waals surface area contributed by atoms with Crippen LogP contribution in [0.15, 0.2) is 57.9 Å². The lowest BCUT2D eigenvalue weighted by atomic mass is 10.1. The summed E-state index contributed by atoms with van der Waals surface area (Å²) in [5.41, 5.74) is 1.92. The predicted octanol–water partition coefficient (Wildman–Crippen LogP) is 6.71. The molecule has 1 saturated heterocycles. The maximum atomic E-state index is 12.8. The van der Waals surface area contributed by atoms with Gasteiger partial charge < -0.3 is 4.42 Å². The molecule has 32 heavy (non-hydrogen) atoms. The first-order chi connectivity index (χ1) is 15.2. The van der Waals surface area contributed by atoms with E-state index in [1.165, 1.54) is 18.2 Å². The largest absolute Gasteiger partial charge is 0.457 e. The van der Waals surface area contributed by atoms with Crippen molar-refractivity contribution in [3.05, 3.63) is 90.5 Å². The summed E-state index contributed by atoms with van der Waals surface area (Å²) in [6.07, 6.45) is 1.48. The Labute approximate surface area is 196 Å². The third-order valence-corrected chi connectivity index (χ3v) is 6.31. The van der Waals surface area contributed by atoms with E-state index < -0.39 is 16.1 Å². The highest BCUT2D eigenvalue weighted by Gasteiger charge is 2.35. The summed E-state index contributed by atoms with van der Waals surface area (Å²) in [6.45, 7) is 1.84. The van der Waals surface area contributed by atoms with E-state index in [1.54, 1.807) is 36.4 Å². The number of non-ortho nitro benzene ring substituents is 1. The molecule has 0 aliphatic carbocycles. The number of thioether (sulfide) groups is 1. The number of imide groups is 1. The Balaban J connectivity index is 1.57. The van der Waals surface area contributed by atoms with Crippen LogP contribution in [-0.2, 0) is 11.3 Å². The van der Waals surface area contributed by atoms with Crippen molar-refractivity contribution in [2.45, 2.75) is 13.5 Å². The van der Waals surface area contributed by atoms with E-state index in [-0.39, 0.29) is 17.1 Å². The second-order valence-electron chi connectivity index (χ2n) is 6.96. The van der Waals surface area contributed by atoms with Gasteiger partial charge in [0.2, 0.25) is 0 Å². The number of nitrogens with zero attached hydrogens (tertiary/aromatic N) is 2. The third-order valence-electron chi connectivity index (χ3n) is 4.81. The Kier molecular flexibility index (Phi) is 6.10. The van der Waals surface area contributed by atoms with Gasteiger partial charge in [0.15, 0.2) is 0 Å². The Morgan fingerprint density at radius 1 is 1.12 bits per heavy atom. The number of halogens is 2. The van der Waals surface area contributed by atoms with Crippen molar-refractivity contribution in [1.82, 2.24) is 4.90 Å². The molecule has 0 bridgehead atoms. The van der Waals surface area contributed by atoms with E-state index >= 15 is 0 Å². The number of nitro benzene ring substituents is 1. The number of amides is 2. The molecule has 2 aromatic carbocycles. The zero-order valence-electron chi connectivity index (χ0n) is 16.5. The number of furan rings is 1. The highest BCUT2D eigenvalue weighted by atomic mass is 35.5. The third kappa shape index (κ3) is 4.43. The van der Waals surface area contributed by atoms with E-state index in [0.29, 0.717) is 32.7 Å². The number of aryl methyl sites for hydroxylation is 1. The number of hydrogen-bond donors (Lipinski definition) is 0. The molecule has 2 amide bonds. The van der Waals surface area contributed by atoms with E-state index in [4.69, 9.17) is 27.6 Å². The molecule has 4 rings (SSSR count). The van der Waals surface area contributed by atoms with Crippen LogP contribution in [0, 0.1) is 17.0 Å². The summed E-state index contributed by atoms with van der Waals surface area (Å²) in [7, 11) is 0. The zero-order valence-corrected chi connectivity index (χ0v) is 18.8. The number of nitro groups is 1. The van der Waals surface area contributed by atoms with E-state index in [1.807, 2.05) is 6.92 Å². The first-order valence-corrected chi connectivity index (χ1v) is 10.8. The molecule has 162 valence electrons. The van der Waals surface area contributed by atoms with Crippen molar-refractivity contribution in [1.29, 1.82) is 0 Å². The first-order valence-electron chi connectivity index (χ1n) is 9.27. The van der Waals surface area contributed by atoms with Crippen LogP contribution in [-0.4, -0.2) is 21.0 Å². The van der Waals surface area contributed by atoms with Crippen molar-refractivity contribution >= 4 is 57.9 Å². The van der Waals surface area contributed by atoms with Gasteiger partial charge in [-0.2, -0.15) is 0 Å². The van der Waals surface area contributed by atoms with Gasteiger partial charge in [-0.15, -0.1) is 0 Å². The quantitative estimate of drug-likeness (QED) is 0.225. The zero-order chi connectivity index (χ0) is 23.0. The van der Waals surface area contributed by atoms with E-state index in [0.717, 1.165) is 22.2 Å². The Bertz CT molecular complexity index is 1300. The molecule has 0 radical (unpaired) electrons. The Morgan fingerprint density at radius 2 is 1.91 bits per heavy atom. The van der Waals surface area contributed by atoms with Crippen molar-refractivity contribution in [3.8, 4) is 11.3 Å². The Hall–Kier alpha value is -3.07. The number of carbonyl (C=O) groups is 2. The van der Waals surface area contributed by atoms with Crippen molar-refractivity contribution in [3.63, 3.8) is 0 Å². The monoisotopic (exact) mass is 488 g/mol. The molecule has 0 N–H and O–H groups in total. The van der Waals surface area contributed by atoms with Crippen LogP contribution < -0.4 is 0 Å². The lowest BCUT2D eigenvalue weighted by molar-refractivity contribution is -0.384. The van der Waals surface area contributed by atoms with Gasteiger partial charge in [-0.05, 0) is 54.1 Å². The minimum absolute atomic E-state index is 0.0221. The highest BCUT2D eigenvalue weighted by Crippen LogP contribution is 2.36. The summed E-state index contributed by atoms with van der Waals surface area (Å²) in [6, 6.07) is 12.6. The average molecular weight is 489 g/mol. The van der Waals surface area contributed by atoms with E-state index in [9.17, 15) is 19.7 Å². The summed E-state index contributed by atoms with van der Waals surface area (Å²) in [4.78, 5) is 37.1. The molecule has 0 unspecified atom stereocenters. The summed E-state index contributed by atoms with van der Waals surface area (Å²) in [5, 5.41) is 11.5. The van der Waals surface area contributed by atoms with E-state index in [2.05, 4.69) is 0 Å². The molecule has 2 heterocycles. The molecular weight excluding hydrogens is 475 g/mol. The summed E-state index contributed by atoms with van der Waals surface area (Å²) >= 11 is 12.9. The van der Waals surface area contributed by atoms with Gasteiger partial charge in [0.25, 0.3) is 16.8 Å². The second-order valence-corrected chi connectivity index (χ2v) is 8.80. The smallest absolute Gasteiger partial charge is 0.293 e. The maximum Gasteiger partial charge on any atom is 0.293 e. The lowest BCUT2D eigenvalue weighted by Crippen LogP contribution is -2.27. The van der Waals surface area contributed by atoms with Crippen LogP contribution in [0.3, 0.4) is 0 Å². The van der Waals surface area contributed by atoms with Crippen molar-refractivity contribution in [2.24, 2.45) is 0 Å². The molecule has 0 spiro atoms. The van der Waals surface area contributed by atoms with Crippen LogP contribution in [0.4, 0.5) is 10.5 Å². The van der Waals surface area contributed by atoms with Gasteiger partial charge in [0.05, 0.1) is 16.4 Å². The maximum absolute atomic E-state index is 12.8. The van der Waals surface area contributed by atoms with Gasteiger partial charge in [-0.1, -0.05) is 35.3 Å². The fourth-order valence-corrected chi connectivity index (χ4v) is 4.44. The molecule has 3 aromatic rings. The van der Waals surface area contributed by atoms with Gasteiger partial charge >= 0.3 is 0 Å². The van der Waals surface area contributed by atoms with Crippen LogP contribution >= 0.6 is 35.0 Å². The predicted molar refractivity (Wildman–Crippen MR) is 124 cm³/mol. The molecular formula is C22H14Cl2N2O5S. The first kappa shape index (κ1) is 22.1. The normalized spacial score (nSPS) is 15.1. The van der Waals surface area contributed by atoms with Crippen LogP contribution in [0.1, 0.15) is 16.9 Å². The molecule has 1 fully saturated rings. The minimum atomic E-state index is -0.476. The lowest BCUT2D eigenvalue weighted by Gasteiger charge is -2.13. The molecule has 1 aliphatic heterocycles. The Morgan fingerprint density at radius 3 is 2.62 bits per heavy atom. The van der Waals surface area contributed by atoms with Gasteiger partial charge in [-0.3, -0.25) is 24.6 Å². The van der Waals surface area contributed by atoms with Gasteiger partial charge in [-0.25, -0.2) is 0 Å².